The van der Waals surface area contributed by atoms with E-state index in [2.05, 4.69) is 0 Å². The first-order valence-corrected chi connectivity index (χ1v) is 14.7. The van der Waals surface area contributed by atoms with E-state index in [0.717, 1.165) is 6.92 Å². The van der Waals surface area contributed by atoms with Gasteiger partial charge < -0.3 is 45.2 Å². The predicted octanol–water partition coefficient (Wildman–Crippen LogP) is 5.61. The van der Waals surface area contributed by atoms with E-state index in [-0.39, 0.29) is 63.3 Å². The number of aromatic hydroxyl groups is 7. The molecule has 3 aromatic carbocycles. The van der Waals surface area contributed by atoms with Crippen LogP contribution in [-0.2, 0) is 12.8 Å². The fourth-order valence-electron chi connectivity index (χ4n) is 5.72. The molecule has 0 saturated carbocycles. The molecule has 0 aliphatic rings. The zero-order valence-electron chi connectivity index (χ0n) is 26.9. The molecule has 3 aromatic rings. The van der Waals surface area contributed by atoms with Gasteiger partial charge in [-0.3, -0.25) is 14.4 Å². The van der Waals surface area contributed by atoms with E-state index < -0.39 is 81.6 Å². The number of rotatable bonds is 13. The Hall–Kier alpha value is -5.13. The highest BCUT2D eigenvalue weighted by molar-refractivity contribution is 6.04. The van der Waals surface area contributed by atoms with Gasteiger partial charge in [-0.25, -0.2) is 0 Å². The summed E-state index contributed by atoms with van der Waals surface area (Å²) in [5.41, 5.74) is -2.19. The van der Waals surface area contributed by atoms with Crippen LogP contribution in [0.15, 0.2) is 0 Å². The molecular weight excluding hydrogens is 600 g/mol. The number of phenolic OH excluding ortho intramolecular Hbond substituents is 7. The monoisotopic (exact) mass is 640 g/mol. The summed E-state index contributed by atoms with van der Waals surface area (Å²) < 4.78 is 10.7. The summed E-state index contributed by atoms with van der Waals surface area (Å²) in [6, 6.07) is 0. The average molecular weight is 641 g/mol. The highest BCUT2D eigenvalue weighted by atomic mass is 16.5. The molecule has 7 N–H and O–H groups in total. The molecule has 0 aliphatic heterocycles. The molecule has 12 nitrogen and oxygen atoms in total. The second-order valence-corrected chi connectivity index (χ2v) is 11.1. The van der Waals surface area contributed by atoms with Crippen LogP contribution in [0.5, 0.6) is 51.7 Å². The fraction of sp³-hybridized carbons (Fsp3) is 0.382. The van der Waals surface area contributed by atoms with Crippen molar-refractivity contribution in [2.45, 2.75) is 73.1 Å². The smallest absolute Gasteiger partial charge is 0.170 e. The molecule has 0 radical (unpaired) electrons. The van der Waals surface area contributed by atoms with Crippen LogP contribution < -0.4 is 9.47 Å². The maximum absolute atomic E-state index is 13.0. The number of ether oxygens (including phenoxy) is 2. The number of benzene rings is 3. The van der Waals surface area contributed by atoms with E-state index in [1.54, 1.807) is 13.8 Å². The van der Waals surface area contributed by atoms with Gasteiger partial charge in [-0.1, -0.05) is 13.8 Å². The van der Waals surface area contributed by atoms with Crippen molar-refractivity contribution in [3.63, 3.8) is 0 Å². The van der Waals surface area contributed by atoms with Crippen LogP contribution in [0.1, 0.15) is 111 Å². The van der Waals surface area contributed by atoms with E-state index in [9.17, 15) is 50.1 Å². The van der Waals surface area contributed by atoms with Crippen molar-refractivity contribution < 1.29 is 59.6 Å². The average Bonchev–Trinajstić information content (AvgIpc) is 2.99. The van der Waals surface area contributed by atoms with Crippen LogP contribution in [-0.4, -0.2) is 67.3 Å². The standard InChI is InChI=1S/C34H40O12/c1-8-10-21(36)24-27(39)15(4)33(45-6)20(32(24)44)13-19-28(40)18(29(41)23(16(5)35)30(19)42)12-17-26(38)14(3)34(46-7)25(31(17)43)22(37)11-9-2/h38-44H,8-13H2,1-7H3. The molecule has 0 atom stereocenters. The maximum Gasteiger partial charge on any atom is 0.170 e. The molecular formula is C34H40O12. The molecule has 46 heavy (non-hydrogen) atoms. The van der Waals surface area contributed by atoms with Crippen LogP contribution in [0.2, 0.25) is 0 Å². The molecule has 0 heterocycles. The second kappa shape index (κ2) is 13.9. The first-order valence-electron chi connectivity index (χ1n) is 14.7. The van der Waals surface area contributed by atoms with Crippen LogP contribution in [0, 0.1) is 13.8 Å². The molecule has 0 unspecified atom stereocenters. The van der Waals surface area contributed by atoms with Crippen LogP contribution in [0.25, 0.3) is 0 Å². The Morgan fingerprint density at radius 3 is 1.37 bits per heavy atom. The van der Waals surface area contributed by atoms with Crippen LogP contribution in [0.3, 0.4) is 0 Å². The summed E-state index contributed by atoms with van der Waals surface area (Å²) in [4.78, 5) is 38.5. The van der Waals surface area contributed by atoms with Crippen LogP contribution >= 0.6 is 0 Å². The van der Waals surface area contributed by atoms with Gasteiger partial charge in [0.05, 0.1) is 14.2 Å². The van der Waals surface area contributed by atoms with Crippen molar-refractivity contribution in [1.82, 2.24) is 0 Å². The SMILES string of the molecule is CCCC(=O)c1c(O)c(C)c(OC)c(Cc2c(O)c(Cc3c(O)c(C)c(OC)c(C(=O)CCC)c3O)c(O)c(C(C)=O)c2O)c1O. The number of methoxy groups -OCH3 is 2. The Labute approximate surface area is 266 Å². The number of ketones is 3. The molecule has 0 amide bonds. The van der Waals surface area contributed by atoms with Crippen molar-refractivity contribution in [3.05, 3.63) is 50.1 Å². The summed E-state index contributed by atoms with van der Waals surface area (Å²) in [6.45, 7) is 7.44. The third-order valence-electron chi connectivity index (χ3n) is 8.06. The van der Waals surface area contributed by atoms with Gasteiger partial charge in [0.2, 0.25) is 0 Å². The largest absolute Gasteiger partial charge is 0.507 e. The van der Waals surface area contributed by atoms with Gasteiger partial charge in [0, 0.05) is 59.1 Å². The minimum atomic E-state index is -0.850. The van der Waals surface area contributed by atoms with E-state index in [0.29, 0.717) is 12.8 Å². The molecule has 248 valence electrons. The van der Waals surface area contributed by atoms with Gasteiger partial charge >= 0.3 is 0 Å². The quantitative estimate of drug-likeness (QED) is 0.114. The lowest BCUT2D eigenvalue weighted by molar-refractivity contribution is 0.0966. The molecule has 0 aromatic heterocycles. The number of carbonyl (C=O) groups is 3. The lowest BCUT2D eigenvalue weighted by Crippen LogP contribution is -2.09. The zero-order chi connectivity index (χ0) is 34.8. The third-order valence-corrected chi connectivity index (χ3v) is 8.06. The summed E-state index contributed by atoms with van der Waals surface area (Å²) in [5.74, 6) is -6.79. The van der Waals surface area contributed by atoms with Crippen LogP contribution in [0.4, 0.5) is 0 Å². The minimum Gasteiger partial charge on any atom is -0.507 e. The second-order valence-electron chi connectivity index (χ2n) is 11.1. The molecule has 0 aliphatic carbocycles. The third kappa shape index (κ3) is 5.94. The van der Waals surface area contributed by atoms with Crippen molar-refractivity contribution >= 4 is 17.3 Å². The van der Waals surface area contributed by atoms with Crippen molar-refractivity contribution in [1.29, 1.82) is 0 Å². The highest BCUT2D eigenvalue weighted by Gasteiger charge is 2.33. The van der Waals surface area contributed by atoms with Gasteiger partial charge in [-0.2, -0.15) is 0 Å². The van der Waals surface area contributed by atoms with Crippen molar-refractivity contribution in [2.75, 3.05) is 14.2 Å². The van der Waals surface area contributed by atoms with E-state index >= 15 is 0 Å². The number of hydrogen-bond acceptors (Lipinski definition) is 12. The summed E-state index contributed by atoms with van der Waals surface area (Å²) in [6.07, 6.45) is -0.287. The van der Waals surface area contributed by atoms with E-state index in [1.807, 2.05) is 0 Å². The Kier molecular flexibility index (Phi) is 10.7. The molecule has 12 heteroatoms. The van der Waals surface area contributed by atoms with Gasteiger partial charge in [-0.15, -0.1) is 0 Å². The van der Waals surface area contributed by atoms with Gasteiger partial charge in [0.25, 0.3) is 0 Å². The summed E-state index contributed by atoms with van der Waals surface area (Å²) in [7, 11) is 2.51. The fourth-order valence-corrected chi connectivity index (χ4v) is 5.72. The Bertz CT molecular complexity index is 1740. The molecule has 0 spiro atoms. The maximum atomic E-state index is 13.0. The van der Waals surface area contributed by atoms with Crippen molar-refractivity contribution in [2.24, 2.45) is 0 Å². The molecule has 0 bridgehead atoms. The lowest BCUT2D eigenvalue weighted by Gasteiger charge is -2.22. The Morgan fingerprint density at radius 2 is 0.913 bits per heavy atom. The molecule has 3 rings (SSSR count). The molecule has 0 saturated heterocycles. The number of carbonyl (C=O) groups excluding carboxylic acids is 3. The number of phenols is 7. The van der Waals surface area contributed by atoms with Gasteiger partial charge in [-0.05, 0) is 33.6 Å². The van der Waals surface area contributed by atoms with Gasteiger partial charge in [0.1, 0.15) is 68.4 Å². The van der Waals surface area contributed by atoms with Gasteiger partial charge in [0.15, 0.2) is 17.3 Å². The lowest BCUT2D eigenvalue weighted by atomic mass is 9.87. The first kappa shape index (κ1) is 35.4. The number of Topliss-reactive ketones (excluding diaryl/α,β-unsaturated/α-hetero) is 3. The topological polar surface area (TPSA) is 211 Å². The Morgan fingerprint density at radius 1 is 0.522 bits per heavy atom. The normalized spacial score (nSPS) is 11.0. The molecule has 0 fully saturated rings. The minimum absolute atomic E-state index is 0.00230. The van der Waals surface area contributed by atoms with E-state index in [4.69, 9.17) is 9.47 Å². The van der Waals surface area contributed by atoms with Crippen molar-refractivity contribution in [3.8, 4) is 51.7 Å². The summed E-state index contributed by atoms with van der Waals surface area (Å²) in [5, 5.41) is 78.1. The highest BCUT2D eigenvalue weighted by Crippen LogP contribution is 2.51. The zero-order valence-corrected chi connectivity index (χ0v) is 26.9. The van der Waals surface area contributed by atoms with E-state index in [1.165, 1.54) is 28.1 Å². The number of hydrogen-bond donors (Lipinski definition) is 7. The first-order chi connectivity index (χ1) is 21.6. The summed E-state index contributed by atoms with van der Waals surface area (Å²) >= 11 is 0. The predicted molar refractivity (Wildman–Crippen MR) is 168 cm³/mol. The Balaban J connectivity index is 2.39.